The van der Waals surface area contributed by atoms with Crippen LogP contribution in [0.3, 0.4) is 0 Å². The van der Waals surface area contributed by atoms with Crippen molar-refractivity contribution in [2.24, 2.45) is 0 Å². The minimum absolute atomic E-state index is 0.0728. The summed E-state index contributed by atoms with van der Waals surface area (Å²) >= 11 is 0. The van der Waals surface area contributed by atoms with Crippen LogP contribution in [0, 0.1) is 6.92 Å². The number of carbonyl (C=O) groups excluding carboxylic acids is 1. The van der Waals surface area contributed by atoms with E-state index < -0.39 is 0 Å². The summed E-state index contributed by atoms with van der Waals surface area (Å²) in [4.78, 5) is 13.0. The van der Waals surface area contributed by atoms with Gasteiger partial charge in [-0.2, -0.15) is 0 Å². The van der Waals surface area contributed by atoms with Crippen LogP contribution in [0.5, 0.6) is 0 Å². The number of nitrogens with one attached hydrogen (secondary N) is 1. The van der Waals surface area contributed by atoms with Crippen molar-refractivity contribution in [2.75, 3.05) is 18.5 Å². The zero-order valence-corrected chi connectivity index (χ0v) is 8.87. The summed E-state index contributed by atoms with van der Waals surface area (Å²) < 4.78 is 0. The van der Waals surface area contributed by atoms with E-state index in [4.69, 9.17) is 0 Å². The average Bonchev–Trinajstić information content (AvgIpc) is 2.18. The van der Waals surface area contributed by atoms with Crippen molar-refractivity contribution >= 4 is 11.7 Å². The molecule has 0 radical (unpaired) electrons. The predicted octanol–water partition coefficient (Wildman–Crippen LogP) is 2.16. The van der Waals surface area contributed by atoms with Crippen molar-refractivity contribution in [3.05, 3.63) is 29.8 Å². The molecule has 1 N–H and O–H groups in total. The topological polar surface area (TPSA) is 32.3 Å². The number of hydrogen-bond donors (Lipinski definition) is 1. The van der Waals surface area contributed by atoms with Crippen LogP contribution < -0.4 is 10.2 Å². The maximum atomic E-state index is 11.4. The largest absolute Gasteiger partial charge is 0.338 e. The number of amides is 2. The highest BCUT2D eigenvalue weighted by atomic mass is 16.2. The van der Waals surface area contributed by atoms with E-state index >= 15 is 0 Å². The second-order valence-electron chi connectivity index (χ2n) is 3.23. The molecule has 2 amide bonds. The Morgan fingerprint density at radius 3 is 2.43 bits per heavy atom. The van der Waals surface area contributed by atoms with Crippen LogP contribution in [-0.4, -0.2) is 19.6 Å². The van der Waals surface area contributed by atoms with E-state index in [-0.39, 0.29) is 6.03 Å². The van der Waals surface area contributed by atoms with Crippen LogP contribution in [0.25, 0.3) is 0 Å². The smallest absolute Gasteiger partial charge is 0.321 e. The van der Waals surface area contributed by atoms with Crippen LogP contribution in [0.4, 0.5) is 10.5 Å². The standard InChI is InChI=1S/C11H16N2O/c1-4-12-11(14)13(3)10-7-5-9(2)6-8-10/h5-8H,4H2,1-3H3,(H,12,14). The first-order valence-corrected chi connectivity index (χ1v) is 4.73. The quantitative estimate of drug-likeness (QED) is 0.765. The molecule has 0 aliphatic rings. The van der Waals surface area contributed by atoms with Gasteiger partial charge in [-0.15, -0.1) is 0 Å². The lowest BCUT2D eigenvalue weighted by atomic mass is 10.2. The summed E-state index contributed by atoms with van der Waals surface area (Å²) in [7, 11) is 1.76. The van der Waals surface area contributed by atoms with Gasteiger partial charge in [-0.3, -0.25) is 4.90 Å². The minimum atomic E-state index is -0.0728. The Morgan fingerprint density at radius 2 is 1.93 bits per heavy atom. The van der Waals surface area contributed by atoms with Crippen molar-refractivity contribution in [3.8, 4) is 0 Å². The SMILES string of the molecule is CCNC(=O)N(C)c1ccc(C)cc1. The molecule has 0 unspecified atom stereocenters. The highest BCUT2D eigenvalue weighted by Gasteiger charge is 2.07. The summed E-state index contributed by atoms with van der Waals surface area (Å²) in [6.45, 7) is 4.58. The van der Waals surface area contributed by atoms with Gasteiger partial charge < -0.3 is 5.32 Å². The molecule has 14 heavy (non-hydrogen) atoms. The number of hydrogen-bond acceptors (Lipinski definition) is 1. The van der Waals surface area contributed by atoms with Gasteiger partial charge in [-0.1, -0.05) is 17.7 Å². The van der Waals surface area contributed by atoms with Crippen LogP contribution in [0.15, 0.2) is 24.3 Å². The van der Waals surface area contributed by atoms with Gasteiger partial charge in [0.2, 0.25) is 0 Å². The Balaban J connectivity index is 2.73. The normalized spacial score (nSPS) is 9.64. The number of carbonyl (C=O) groups is 1. The summed E-state index contributed by atoms with van der Waals surface area (Å²) in [5.74, 6) is 0. The molecule has 76 valence electrons. The molecule has 3 heteroatoms. The number of aryl methyl sites for hydroxylation is 1. The van der Waals surface area contributed by atoms with Gasteiger partial charge >= 0.3 is 6.03 Å². The molecule has 0 spiro atoms. The second-order valence-corrected chi connectivity index (χ2v) is 3.23. The van der Waals surface area contributed by atoms with Gasteiger partial charge in [0.05, 0.1) is 0 Å². The van der Waals surface area contributed by atoms with Gasteiger partial charge in [0.25, 0.3) is 0 Å². The Labute approximate surface area is 84.7 Å². The van der Waals surface area contributed by atoms with Crippen LogP contribution in [0.2, 0.25) is 0 Å². The highest BCUT2D eigenvalue weighted by molar-refractivity contribution is 5.91. The molecule has 0 saturated heterocycles. The van der Waals surface area contributed by atoms with E-state index in [1.807, 2.05) is 38.1 Å². The summed E-state index contributed by atoms with van der Waals surface area (Å²) in [6, 6.07) is 7.78. The molecule has 0 saturated carbocycles. The number of nitrogens with zero attached hydrogens (tertiary/aromatic N) is 1. The Bertz CT molecular complexity index is 306. The first-order chi connectivity index (χ1) is 6.65. The van der Waals surface area contributed by atoms with Gasteiger partial charge in [-0.05, 0) is 26.0 Å². The Morgan fingerprint density at radius 1 is 1.36 bits per heavy atom. The number of benzene rings is 1. The fourth-order valence-corrected chi connectivity index (χ4v) is 1.16. The number of anilines is 1. The van der Waals surface area contributed by atoms with Gasteiger partial charge in [0, 0.05) is 19.3 Å². The maximum Gasteiger partial charge on any atom is 0.321 e. The summed E-state index contributed by atoms with van der Waals surface area (Å²) in [5.41, 5.74) is 2.10. The van der Waals surface area contributed by atoms with E-state index in [0.29, 0.717) is 6.54 Å². The van der Waals surface area contributed by atoms with E-state index in [9.17, 15) is 4.79 Å². The lowest BCUT2D eigenvalue weighted by Crippen LogP contribution is -2.36. The molecule has 0 bridgehead atoms. The fraction of sp³-hybridized carbons (Fsp3) is 0.364. The van der Waals surface area contributed by atoms with Crippen LogP contribution in [-0.2, 0) is 0 Å². The lowest BCUT2D eigenvalue weighted by molar-refractivity contribution is 0.248. The van der Waals surface area contributed by atoms with Crippen LogP contribution >= 0.6 is 0 Å². The second kappa shape index (κ2) is 4.65. The van der Waals surface area contributed by atoms with Gasteiger partial charge in [-0.25, -0.2) is 4.79 Å². The molecule has 1 aromatic carbocycles. The molecule has 0 fully saturated rings. The minimum Gasteiger partial charge on any atom is -0.338 e. The number of urea groups is 1. The van der Waals surface area contributed by atoms with Crippen molar-refractivity contribution in [1.82, 2.24) is 5.32 Å². The third-order valence-corrected chi connectivity index (χ3v) is 2.05. The van der Waals surface area contributed by atoms with Crippen molar-refractivity contribution in [3.63, 3.8) is 0 Å². The third-order valence-electron chi connectivity index (χ3n) is 2.05. The van der Waals surface area contributed by atoms with E-state index in [0.717, 1.165) is 5.69 Å². The monoisotopic (exact) mass is 192 g/mol. The molecule has 3 nitrogen and oxygen atoms in total. The molecular formula is C11H16N2O. The first kappa shape index (κ1) is 10.6. The lowest BCUT2D eigenvalue weighted by Gasteiger charge is -2.17. The Kier molecular flexibility index (Phi) is 3.51. The molecule has 0 atom stereocenters. The molecule has 0 aromatic heterocycles. The third kappa shape index (κ3) is 2.49. The predicted molar refractivity (Wildman–Crippen MR) is 58.7 cm³/mol. The summed E-state index contributed by atoms with van der Waals surface area (Å²) in [6.07, 6.45) is 0. The van der Waals surface area contributed by atoms with E-state index in [2.05, 4.69) is 5.32 Å². The average molecular weight is 192 g/mol. The molecular weight excluding hydrogens is 176 g/mol. The van der Waals surface area contributed by atoms with Crippen molar-refractivity contribution < 1.29 is 4.79 Å². The molecule has 1 rings (SSSR count). The fourth-order valence-electron chi connectivity index (χ4n) is 1.16. The van der Waals surface area contributed by atoms with E-state index in [1.165, 1.54) is 5.56 Å². The molecule has 1 aromatic rings. The van der Waals surface area contributed by atoms with E-state index in [1.54, 1.807) is 11.9 Å². The van der Waals surface area contributed by atoms with Gasteiger partial charge in [0.15, 0.2) is 0 Å². The Hall–Kier alpha value is -1.51. The maximum absolute atomic E-state index is 11.4. The van der Waals surface area contributed by atoms with Crippen LogP contribution in [0.1, 0.15) is 12.5 Å². The van der Waals surface area contributed by atoms with Gasteiger partial charge in [0.1, 0.15) is 0 Å². The van der Waals surface area contributed by atoms with Crippen molar-refractivity contribution in [2.45, 2.75) is 13.8 Å². The highest BCUT2D eigenvalue weighted by Crippen LogP contribution is 2.12. The van der Waals surface area contributed by atoms with Crippen molar-refractivity contribution in [1.29, 1.82) is 0 Å². The zero-order chi connectivity index (χ0) is 10.6. The zero-order valence-electron chi connectivity index (χ0n) is 8.87. The number of rotatable bonds is 2. The first-order valence-electron chi connectivity index (χ1n) is 4.73. The summed E-state index contributed by atoms with van der Waals surface area (Å²) in [5, 5.41) is 2.75. The molecule has 0 aliphatic carbocycles. The molecule has 0 heterocycles. The molecule has 0 aliphatic heterocycles.